The maximum Gasteiger partial charge on any atom is 0.410 e. The minimum absolute atomic E-state index is 0.225. The smallest absolute Gasteiger partial charge is 0.410 e. The fourth-order valence-electron chi connectivity index (χ4n) is 3.15. The van der Waals surface area contributed by atoms with Crippen molar-refractivity contribution < 1.29 is 9.53 Å². The molecular formula is C20H29N5O2. The van der Waals surface area contributed by atoms with Crippen LogP contribution in [0.25, 0.3) is 0 Å². The third-order valence-electron chi connectivity index (χ3n) is 4.50. The molecule has 0 saturated carbocycles. The van der Waals surface area contributed by atoms with Crippen LogP contribution in [0.4, 0.5) is 4.79 Å². The highest BCUT2D eigenvalue weighted by molar-refractivity contribution is 5.68. The topological polar surface area (TPSA) is 63.5 Å². The number of nitrogens with zero attached hydrogens (tertiary/aromatic N) is 5. The zero-order valence-corrected chi connectivity index (χ0v) is 16.5. The highest BCUT2D eigenvalue weighted by atomic mass is 16.6. The summed E-state index contributed by atoms with van der Waals surface area (Å²) in [5, 5.41) is 8.40. The van der Waals surface area contributed by atoms with E-state index >= 15 is 0 Å². The lowest BCUT2D eigenvalue weighted by Gasteiger charge is -2.26. The Morgan fingerprint density at radius 3 is 2.59 bits per heavy atom. The molecule has 146 valence electrons. The molecule has 0 radical (unpaired) electrons. The van der Waals surface area contributed by atoms with Crippen LogP contribution in [-0.4, -0.2) is 62.4 Å². The summed E-state index contributed by atoms with van der Waals surface area (Å²) in [7, 11) is 0. The van der Waals surface area contributed by atoms with Gasteiger partial charge in [0.15, 0.2) is 0 Å². The Balaban J connectivity index is 1.57. The van der Waals surface area contributed by atoms with E-state index in [1.165, 1.54) is 5.56 Å². The lowest BCUT2D eigenvalue weighted by molar-refractivity contribution is 0.0257. The first-order valence-corrected chi connectivity index (χ1v) is 9.51. The molecule has 7 nitrogen and oxygen atoms in total. The molecule has 0 aliphatic carbocycles. The number of ether oxygens (including phenoxy) is 1. The molecule has 2 heterocycles. The molecule has 7 heteroatoms. The zero-order valence-electron chi connectivity index (χ0n) is 16.5. The van der Waals surface area contributed by atoms with Gasteiger partial charge in [-0.2, -0.15) is 0 Å². The van der Waals surface area contributed by atoms with Gasteiger partial charge >= 0.3 is 6.09 Å². The Morgan fingerprint density at radius 2 is 1.85 bits per heavy atom. The van der Waals surface area contributed by atoms with Crippen molar-refractivity contribution in [1.82, 2.24) is 24.6 Å². The van der Waals surface area contributed by atoms with Gasteiger partial charge in [-0.3, -0.25) is 4.90 Å². The number of hydrogen-bond donors (Lipinski definition) is 0. The third-order valence-corrected chi connectivity index (χ3v) is 4.50. The van der Waals surface area contributed by atoms with Gasteiger partial charge in [-0.1, -0.05) is 30.3 Å². The van der Waals surface area contributed by atoms with Crippen LogP contribution in [0.3, 0.4) is 0 Å². The molecule has 0 unspecified atom stereocenters. The first-order chi connectivity index (χ1) is 12.9. The molecule has 1 aliphatic rings. The van der Waals surface area contributed by atoms with Gasteiger partial charge in [-0.05, 0) is 32.8 Å². The van der Waals surface area contributed by atoms with Gasteiger partial charge in [-0.15, -0.1) is 10.2 Å². The van der Waals surface area contributed by atoms with Gasteiger partial charge in [0.2, 0.25) is 0 Å². The molecule has 0 bridgehead atoms. The number of carbonyl (C=O) groups excluding carboxylic acids is 1. The Kier molecular flexibility index (Phi) is 6.11. The van der Waals surface area contributed by atoms with Gasteiger partial charge in [0, 0.05) is 26.2 Å². The van der Waals surface area contributed by atoms with Crippen molar-refractivity contribution in [1.29, 1.82) is 0 Å². The lowest BCUT2D eigenvalue weighted by atomic mass is 10.2. The molecule has 2 aromatic rings. The first kappa shape index (κ1) is 19.4. The largest absolute Gasteiger partial charge is 0.444 e. The van der Waals surface area contributed by atoms with E-state index in [9.17, 15) is 4.79 Å². The van der Waals surface area contributed by atoms with Crippen LogP contribution in [0.15, 0.2) is 36.7 Å². The molecule has 1 aliphatic heterocycles. The molecule has 1 saturated heterocycles. The first-order valence-electron chi connectivity index (χ1n) is 9.51. The summed E-state index contributed by atoms with van der Waals surface area (Å²) < 4.78 is 7.59. The Hall–Kier alpha value is -2.41. The molecule has 0 atom stereocenters. The van der Waals surface area contributed by atoms with Crippen LogP contribution >= 0.6 is 0 Å². The van der Waals surface area contributed by atoms with Gasteiger partial charge in [-0.25, -0.2) is 4.79 Å². The molecule has 1 aromatic carbocycles. The fourth-order valence-corrected chi connectivity index (χ4v) is 3.15. The second-order valence-electron chi connectivity index (χ2n) is 7.96. The van der Waals surface area contributed by atoms with E-state index in [1.54, 1.807) is 11.2 Å². The average molecular weight is 371 g/mol. The van der Waals surface area contributed by atoms with Crippen molar-refractivity contribution in [3.05, 3.63) is 48.0 Å². The second-order valence-corrected chi connectivity index (χ2v) is 7.96. The minimum atomic E-state index is -0.461. The van der Waals surface area contributed by atoms with Crippen molar-refractivity contribution in [2.24, 2.45) is 0 Å². The summed E-state index contributed by atoms with van der Waals surface area (Å²) in [4.78, 5) is 16.4. The summed E-state index contributed by atoms with van der Waals surface area (Å²) in [5.41, 5.74) is 0.766. The number of aromatic nitrogens is 3. The number of hydrogen-bond acceptors (Lipinski definition) is 5. The molecular weight excluding hydrogens is 342 g/mol. The zero-order chi connectivity index (χ0) is 19.3. The average Bonchev–Trinajstić information content (AvgIpc) is 2.89. The molecule has 0 N–H and O–H groups in total. The molecule has 1 amide bonds. The molecule has 3 rings (SSSR count). The monoisotopic (exact) mass is 371 g/mol. The Morgan fingerprint density at radius 1 is 1.07 bits per heavy atom. The SMILES string of the molecule is CC(C)(C)OC(=O)N1CCCN(Cc2nncn2Cc2ccccc2)CC1. The molecule has 1 fully saturated rings. The molecule has 1 aromatic heterocycles. The summed E-state index contributed by atoms with van der Waals surface area (Å²) in [5.74, 6) is 0.949. The highest BCUT2D eigenvalue weighted by Crippen LogP contribution is 2.13. The predicted octanol–water partition coefficient (Wildman–Crippen LogP) is 2.77. The fraction of sp³-hybridized carbons (Fsp3) is 0.550. The van der Waals surface area contributed by atoms with Crippen molar-refractivity contribution in [2.45, 2.75) is 45.9 Å². The summed E-state index contributed by atoms with van der Waals surface area (Å²) >= 11 is 0. The van der Waals surface area contributed by atoms with Crippen LogP contribution in [0.1, 0.15) is 38.6 Å². The maximum atomic E-state index is 12.3. The summed E-state index contributed by atoms with van der Waals surface area (Å²) in [6.45, 7) is 10.3. The maximum absolute atomic E-state index is 12.3. The second kappa shape index (κ2) is 8.52. The number of carbonyl (C=O) groups is 1. The van der Waals surface area contributed by atoms with Crippen LogP contribution in [-0.2, 0) is 17.8 Å². The van der Waals surface area contributed by atoms with E-state index in [-0.39, 0.29) is 6.09 Å². The normalized spacial score (nSPS) is 16.2. The highest BCUT2D eigenvalue weighted by Gasteiger charge is 2.24. The molecule has 27 heavy (non-hydrogen) atoms. The van der Waals surface area contributed by atoms with Crippen molar-refractivity contribution in [3.63, 3.8) is 0 Å². The van der Waals surface area contributed by atoms with Gasteiger partial charge < -0.3 is 14.2 Å². The van der Waals surface area contributed by atoms with E-state index in [0.717, 1.165) is 45.0 Å². The van der Waals surface area contributed by atoms with Gasteiger partial charge in [0.05, 0.1) is 13.1 Å². The number of rotatable bonds is 4. The van der Waals surface area contributed by atoms with Gasteiger partial charge in [0.25, 0.3) is 0 Å². The van der Waals surface area contributed by atoms with Crippen LogP contribution < -0.4 is 0 Å². The van der Waals surface area contributed by atoms with E-state index in [1.807, 2.05) is 39.0 Å². The van der Waals surface area contributed by atoms with Crippen molar-refractivity contribution in [3.8, 4) is 0 Å². The van der Waals surface area contributed by atoms with Crippen molar-refractivity contribution >= 4 is 6.09 Å². The summed E-state index contributed by atoms with van der Waals surface area (Å²) in [6.07, 6.45) is 2.48. The van der Waals surface area contributed by atoms with Crippen LogP contribution in [0, 0.1) is 0 Å². The van der Waals surface area contributed by atoms with E-state index in [4.69, 9.17) is 4.74 Å². The quantitative estimate of drug-likeness (QED) is 0.827. The lowest BCUT2D eigenvalue weighted by Crippen LogP contribution is -2.39. The van der Waals surface area contributed by atoms with Crippen molar-refractivity contribution in [2.75, 3.05) is 26.2 Å². The van der Waals surface area contributed by atoms with Gasteiger partial charge in [0.1, 0.15) is 17.8 Å². The van der Waals surface area contributed by atoms with Crippen LogP contribution in [0.5, 0.6) is 0 Å². The van der Waals surface area contributed by atoms with Crippen LogP contribution in [0.2, 0.25) is 0 Å². The van der Waals surface area contributed by atoms with E-state index < -0.39 is 5.60 Å². The standard InChI is InChI=1S/C20H29N5O2/c1-20(2,3)27-19(26)24-11-7-10-23(12-13-24)15-18-22-21-16-25(18)14-17-8-5-4-6-9-17/h4-6,8-9,16H,7,10-15H2,1-3H3. The Bertz CT molecular complexity index is 738. The third kappa shape index (κ3) is 5.79. The minimum Gasteiger partial charge on any atom is -0.444 e. The number of benzene rings is 1. The summed E-state index contributed by atoms with van der Waals surface area (Å²) in [6, 6.07) is 10.3. The van der Waals surface area contributed by atoms with E-state index in [0.29, 0.717) is 6.54 Å². The van der Waals surface area contributed by atoms with E-state index in [2.05, 4.69) is 31.8 Å². The molecule has 0 spiro atoms. The predicted molar refractivity (Wildman–Crippen MR) is 103 cm³/mol. The Labute approximate surface area is 160 Å². The number of amides is 1.